The molecule has 0 bridgehead atoms. The highest BCUT2D eigenvalue weighted by Crippen LogP contribution is 2.39. The Labute approximate surface area is 164 Å². The number of halogens is 1. The quantitative estimate of drug-likeness (QED) is 0.504. The third-order valence-electron chi connectivity index (χ3n) is 4.94. The molecule has 2 aromatic heterocycles. The Morgan fingerprint density at radius 2 is 1.86 bits per heavy atom. The van der Waals surface area contributed by atoms with Crippen molar-refractivity contribution in [3.05, 3.63) is 105 Å². The van der Waals surface area contributed by atoms with Gasteiger partial charge in [0.1, 0.15) is 11.3 Å². The van der Waals surface area contributed by atoms with Crippen molar-refractivity contribution >= 4 is 28.5 Å². The summed E-state index contributed by atoms with van der Waals surface area (Å²) in [6.45, 7) is 0.211. The first kappa shape index (κ1) is 16.8. The van der Waals surface area contributed by atoms with Crippen LogP contribution in [0.5, 0.6) is 0 Å². The van der Waals surface area contributed by atoms with Crippen molar-refractivity contribution < 1.29 is 13.6 Å². The summed E-state index contributed by atoms with van der Waals surface area (Å²) in [5.41, 5.74) is 1.26. The van der Waals surface area contributed by atoms with Crippen LogP contribution in [-0.4, -0.2) is 10.8 Å². The third-order valence-corrected chi connectivity index (χ3v) is 5.18. The molecule has 1 atom stereocenters. The maximum atomic E-state index is 13.3. The lowest BCUT2D eigenvalue weighted by molar-refractivity contribution is 0.0701. The summed E-state index contributed by atoms with van der Waals surface area (Å²) < 4.78 is 11.3. The highest BCUT2D eigenvalue weighted by Gasteiger charge is 2.43. The molecule has 5 rings (SSSR count). The van der Waals surface area contributed by atoms with Crippen LogP contribution >= 0.6 is 11.6 Å². The number of nitrogens with zero attached hydrogens (tertiary/aromatic N) is 1. The van der Waals surface area contributed by atoms with E-state index in [0.29, 0.717) is 27.3 Å². The molecule has 0 saturated heterocycles. The van der Waals surface area contributed by atoms with Gasteiger partial charge in [0, 0.05) is 5.02 Å². The third kappa shape index (κ3) is 2.55. The molecule has 0 spiro atoms. The molecule has 0 radical (unpaired) electrons. The van der Waals surface area contributed by atoms with Crippen LogP contribution in [0.3, 0.4) is 0 Å². The Kier molecular flexibility index (Phi) is 3.84. The van der Waals surface area contributed by atoms with Crippen LogP contribution in [0.25, 0.3) is 11.0 Å². The van der Waals surface area contributed by atoms with Crippen molar-refractivity contribution in [2.45, 2.75) is 12.6 Å². The molecule has 4 aromatic rings. The number of hydrogen-bond donors (Lipinski definition) is 0. The first-order chi connectivity index (χ1) is 13.6. The number of benzene rings is 2. The summed E-state index contributed by atoms with van der Waals surface area (Å²) >= 11 is 6.19. The van der Waals surface area contributed by atoms with Gasteiger partial charge in [-0.15, -0.1) is 0 Å². The van der Waals surface area contributed by atoms with E-state index in [1.165, 1.54) is 0 Å². The molecule has 0 saturated carbocycles. The Bertz CT molecular complexity index is 1260. The van der Waals surface area contributed by atoms with Gasteiger partial charge >= 0.3 is 0 Å². The second-order valence-corrected chi connectivity index (χ2v) is 7.08. The van der Waals surface area contributed by atoms with Crippen molar-refractivity contribution in [2.24, 2.45) is 0 Å². The second-order valence-electron chi connectivity index (χ2n) is 6.64. The Hall–Kier alpha value is -3.31. The highest BCUT2D eigenvalue weighted by molar-refractivity contribution is 6.30. The van der Waals surface area contributed by atoms with E-state index in [1.807, 2.05) is 6.07 Å². The van der Waals surface area contributed by atoms with Gasteiger partial charge < -0.3 is 13.7 Å². The first-order valence-electron chi connectivity index (χ1n) is 8.78. The Morgan fingerprint density at radius 3 is 2.64 bits per heavy atom. The summed E-state index contributed by atoms with van der Waals surface area (Å²) in [6.07, 6.45) is 1.55. The average molecular weight is 392 g/mol. The molecular formula is C22H14ClNO4. The summed E-state index contributed by atoms with van der Waals surface area (Å²) in [6, 6.07) is 17.0. The van der Waals surface area contributed by atoms with Crippen molar-refractivity contribution in [3.63, 3.8) is 0 Å². The molecular weight excluding hydrogens is 378 g/mol. The van der Waals surface area contributed by atoms with Crippen LogP contribution in [0, 0.1) is 0 Å². The van der Waals surface area contributed by atoms with Gasteiger partial charge in [0.2, 0.25) is 5.76 Å². The van der Waals surface area contributed by atoms with Gasteiger partial charge in [-0.05, 0) is 42.0 Å². The number of carbonyl (C=O) groups is 1. The lowest BCUT2D eigenvalue weighted by Gasteiger charge is -2.24. The number of fused-ring (bicyclic) bond motifs is 2. The zero-order chi connectivity index (χ0) is 19.3. The zero-order valence-electron chi connectivity index (χ0n) is 14.6. The van der Waals surface area contributed by atoms with E-state index in [9.17, 15) is 9.59 Å². The van der Waals surface area contributed by atoms with Gasteiger partial charge in [-0.1, -0.05) is 35.9 Å². The van der Waals surface area contributed by atoms with Crippen molar-refractivity contribution in [1.29, 1.82) is 0 Å². The molecule has 1 amide bonds. The minimum atomic E-state index is -0.604. The average Bonchev–Trinajstić information content (AvgIpc) is 3.30. The minimum Gasteiger partial charge on any atom is -0.467 e. The molecule has 1 aliphatic heterocycles. The smallest absolute Gasteiger partial charge is 0.291 e. The summed E-state index contributed by atoms with van der Waals surface area (Å²) in [5, 5.41) is 0.974. The topological polar surface area (TPSA) is 63.7 Å². The van der Waals surface area contributed by atoms with Crippen molar-refractivity contribution in [2.75, 3.05) is 0 Å². The monoisotopic (exact) mass is 391 g/mol. The van der Waals surface area contributed by atoms with Crippen LogP contribution in [0.2, 0.25) is 5.02 Å². The Morgan fingerprint density at radius 1 is 1.00 bits per heavy atom. The van der Waals surface area contributed by atoms with Crippen LogP contribution < -0.4 is 5.43 Å². The van der Waals surface area contributed by atoms with E-state index < -0.39 is 6.04 Å². The number of amides is 1. The van der Waals surface area contributed by atoms with Gasteiger partial charge in [-0.25, -0.2) is 0 Å². The molecule has 138 valence electrons. The molecule has 0 N–H and O–H groups in total. The van der Waals surface area contributed by atoms with Crippen LogP contribution in [0.15, 0.2) is 80.6 Å². The van der Waals surface area contributed by atoms with Crippen molar-refractivity contribution in [3.8, 4) is 0 Å². The van der Waals surface area contributed by atoms with E-state index in [1.54, 1.807) is 65.8 Å². The zero-order valence-corrected chi connectivity index (χ0v) is 15.3. The van der Waals surface area contributed by atoms with E-state index in [0.717, 1.165) is 5.56 Å². The number of carbonyl (C=O) groups excluding carboxylic acids is 1. The predicted octanol–water partition coefficient (Wildman–Crippen LogP) is 4.78. The van der Waals surface area contributed by atoms with Gasteiger partial charge in [-0.2, -0.15) is 0 Å². The fourth-order valence-electron chi connectivity index (χ4n) is 3.72. The van der Waals surface area contributed by atoms with Gasteiger partial charge in [0.15, 0.2) is 5.43 Å². The lowest BCUT2D eigenvalue weighted by Crippen LogP contribution is -2.29. The number of para-hydroxylation sites is 1. The summed E-state index contributed by atoms with van der Waals surface area (Å²) in [5.74, 6) is 0.338. The molecule has 1 aliphatic rings. The van der Waals surface area contributed by atoms with Gasteiger partial charge in [0.25, 0.3) is 5.91 Å². The largest absolute Gasteiger partial charge is 0.467 e. The summed E-state index contributed by atoms with van der Waals surface area (Å²) in [7, 11) is 0. The molecule has 1 unspecified atom stereocenters. The number of furan rings is 1. The number of rotatable bonds is 3. The number of hydrogen-bond acceptors (Lipinski definition) is 4. The normalized spacial score (nSPS) is 16.0. The molecule has 0 aliphatic carbocycles. The van der Waals surface area contributed by atoms with E-state index in [-0.39, 0.29) is 23.6 Å². The van der Waals surface area contributed by atoms with E-state index >= 15 is 0 Å². The minimum absolute atomic E-state index is 0.0697. The van der Waals surface area contributed by atoms with Crippen LogP contribution in [0.1, 0.15) is 33.5 Å². The predicted molar refractivity (Wildman–Crippen MR) is 104 cm³/mol. The summed E-state index contributed by atoms with van der Waals surface area (Å²) in [4.78, 5) is 28.1. The molecule has 3 heterocycles. The molecule has 5 nitrogen and oxygen atoms in total. The van der Waals surface area contributed by atoms with E-state index in [2.05, 4.69) is 0 Å². The van der Waals surface area contributed by atoms with Gasteiger partial charge in [0.05, 0.1) is 29.8 Å². The molecule has 28 heavy (non-hydrogen) atoms. The van der Waals surface area contributed by atoms with Crippen LogP contribution in [-0.2, 0) is 6.54 Å². The molecule has 0 fully saturated rings. The maximum Gasteiger partial charge on any atom is 0.291 e. The maximum absolute atomic E-state index is 13.3. The SMILES string of the molecule is O=C1c2oc3ccccc3c(=O)c2C(c2cccc(Cl)c2)N1Cc1ccco1. The highest BCUT2D eigenvalue weighted by atomic mass is 35.5. The van der Waals surface area contributed by atoms with Crippen molar-refractivity contribution in [1.82, 2.24) is 4.90 Å². The fraction of sp³-hybridized carbons (Fsp3) is 0.0909. The van der Waals surface area contributed by atoms with Crippen LogP contribution in [0.4, 0.5) is 0 Å². The van der Waals surface area contributed by atoms with E-state index in [4.69, 9.17) is 20.4 Å². The van der Waals surface area contributed by atoms with Gasteiger partial charge in [-0.3, -0.25) is 9.59 Å². The first-order valence-corrected chi connectivity index (χ1v) is 9.16. The molecule has 6 heteroatoms. The Balaban J connectivity index is 1.76. The second kappa shape index (κ2) is 6.39. The lowest BCUT2D eigenvalue weighted by atomic mass is 9.98. The fourth-order valence-corrected chi connectivity index (χ4v) is 3.92. The standard InChI is InChI=1S/C22H14ClNO4/c23-14-6-3-5-13(11-14)19-18-20(25)16-8-1-2-9-17(16)28-21(18)22(26)24(19)12-15-7-4-10-27-15/h1-11,19H,12H2. The molecule has 2 aromatic carbocycles.